The minimum Gasteiger partial charge on any atom is -0.310 e. The first-order valence-corrected chi connectivity index (χ1v) is 8.40. The molecule has 1 unspecified atom stereocenters. The predicted molar refractivity (Wildman–Crippen MR) is 87.9 cm³/mol. The maximum Gasteiger partial charge on any atom is 0.0371 e. The first-order valence-electron chi connectivity index (χ1n) is 6.73. The van der Waals surface area contributed by atoms with Crippen LogP contribution in [0, 0.1) is 6.92 Å². The zero-order valence-electron chi connectivity index (χ0n) is 11.4. The van der Waals surface area contributed by atoms with Crippen LogP contribution in [-0.4, -0.2) is 6.54 Å². The lowest BCUT2D eigenvalue weighted by Crippen LogP contribution is -2.24. The van der Waals surface area contributed by atoms with Crippen molar-refractivity contribution in [1.82, 2.24) is 5.32 Å². The molecule has 2 rings (SSSR count). The van der Waals surface area contributed by atoms with Gasteiger partial charge in [-0.2, -0.15) is 0 Å². The van der Waals surface area contributed by atoms with Crippen LogP contribution in [0.4, 0.5) is 0 Å². The van der Waals surface area contributed by atoms with Gasteiger partial charge in [0.25, 0.3) is 0 Å². The largest absolute Gasteiger partial charge is 0.310 e. The van der Waals surface area contributed by atoms with Crippen LogP contribution in [0.5, 0.6) is 0 Å². The molecule has 0 aliphatic heterocycles. The van der Waals surface area contributed by atoms with Crippen molar-refractivity contribution in [2.75, 3.05) is 6.54 Å². The Morgan fingerprint density at radius 3 is 2.79 bits per heavy atom. The van der Waals surface area contributed by atoms with E-state index >= 15 is 0 Å². The summed E-state index contributed by atoms with van der Waals surface area (Å²) in [5.74, 6) is 0. The standard InChI is InChI=1S/C16H20BrNS/c1-3-9-18-16(11-13-6-5-10-19-13)14-7-4-8-15(17)12(14)2/h4-8,10,16,18H,3,9,11H2,1-2H3. The molecule has 0 aliphatic rings. The third kappa shape index (κ3) is 3.91. The third-order valence-electron chi connectivity index (χ3n) is 3.31. The van der Waals surface area contributed by atoms with E-state index in [9.17, 15) is 0 Å². The molecule has 0 saturated heterocycles. The van der Waals surface area contributed by atoms with Crippen LogP contribution < -0.4 is 5.32 Å². The van der Waals surface area contributed by atoms with Crippen molar-refractivity contribution < 1.29 is 0 Å². The number of benzene rings is 1. The summed E-state index contributed by atoms with van der Waals surface area (Å²) in [7, 11) is 0. The van der Waals surface area contributed by atoms with E-state index in [-0.39, 0.29) is 0 Å². The highest BCUT2D eigenvalue weighted by Crippen LogP contribution is 2.28. The Hall–Kier alpha value is -0.640. The summed E-state index contributed by atoms with van der Waals surface area (Å²) in [6.45, 7) is 5.46. The van der Waals surface area contributed by atoms with Crippen LogP contribution in [0.25, 0.3) is 0 Å². The zero-order valence-corrected chi connectivity index (χ0v) is 13.9. The Kier molecular flexibility index (Phi) is 5.61. The number of hydrogen-bond donors (Lipinski definition) is 1. The smallest absolute Gasteiger partial charge is 0.0371 e. The fourth-order valence-corrected chi connectivity index (χ4v) is 3.38. The van der Waals surface area contributed by atoms with Crippen LogP contribution in [0.3, 0.4) is 0 Å². The molecule has 3 heteroatoms. The molecule has 0 fully saturated rings. The molecular weight excluding hydrogens is 318 g/mol. The number of nitrogens with one attached hydrogen (secondary N) is 1. The lowest BCUT2D eigenvalue weighted by molar-refractivity contribution is 0.530. The van der Waals surface area contributed by atoms with Gasteiger partial charge in [0.15, 0.2) is 0 Å². The van der Waals surface area contributed by atoms with E-state index in [4.69, 9.17) is 0 Å². The van der Waals surface area contributed by atoms with Gasteiger partial charge in [-0.3, -0.25) is 0 Å². The summed E-state index contributed by atoms with van der Waals surface area (Å²) >= 11 is 5.47. The lowest BCUT2D eigenvalue weighted by Gasteiger charge is -2.21. The predicted octanol–water partition coefficient (Wildman–Crippen LogP) is 5.10. The molecule has 0 bridgehead atoms. The maximum absolute atomic E-state index is 3.68. The lowest BCUT2D eigenvalue weighted by atomic mass is 9.98. The van der Waals surface area contributed by atoms with Gasteiger partial charge >= 0.3 is 0 Å². The van der Waals surface area contributed by atoms with Crippen LogP contribution in [-0.2, 0) is 6.42 Å². The van der Waals surface area contributed by atoms with Gasteiger partial charge in [-0.15, -0.1) is 11.3 Å². The molecule has 1 aromatic heterocycles. The van der Waals surface area contributed by atoms with Crippen molar-refractivity contribution in [3.8, 4) is 0 Å². The second-order valence-electron chi connectivity index (χ2n) is 4.74. The van der Waals surface area contributed by atoms with Crippen LogP contribution in [0.2, 0.25) is 0 Å². The summed E-state index contributed by atoms with van der Waals surface area (Å²) in [4.78, 5) is 1.44. The Morgan fingerprint density at radius 2 is 2.11 bits per heavy atom. The molecule has 0 spiro atoms. The molecule has 1 N–H and O–H groups in total. The van der Waals surface area contributed by atoms with Crippen molar-refractivity contribution >= 4 is 27.3 Å². The zero-order chi connectivity index (χ0) is 13.7. The normalized spacial score (nSPS) is 12.6. The van der Waals surface area contributed by atoms with E-state index in [1.165, 1.54) is 20.5 Å². The van der Waals surface area contributed by atoms with Gasteiger partial charge in [0.05, 0.1) is 0 Å². The molecule has 19 heavy (non-hydrogen) atoms. The minimum absolute atomic E-state index is 0.399. The molecule has 1 heterocycles. The second kappa shape index (κ2) is 7.22. The fraction of sp³-hybridized carbons (Fsp3) is 0.375. The molecule has 2 aromatic rings. The van der Waals surface area contributed by atoms with E-state index < -0.39 is 0 Å². The Morgan fingerprint density at radius 1 is 1.26 bits per heavy atom. The molecule has 1 atom stereocenters. The first kappa shape index (κ1) is 14.8. The molecule has 0 saturated carbocycles. The average Bonchev–Trinajstić information content (AvgIpc) is 2.91. The van der Waals surface area contributed by atoms with Gasteiger partial charge in [0, 0.05) is 21.8 Å². The summed E-state index contributed by atoms with van der Waals surface area (Å²) in [5.41, 5.74) is 2.74. The van der Waals surface area contributed by atoms with E-state index in [0.29, 0.717) is 6.04 Å². The van der Waals surface area contributed by atoms with Crippen molar-refractivity contribution in [3.63, 3.8) is 0 Å². The molecule has 102 valence electrons. The van der Waals surface area contributed by atoms with Gasteiger partial charge in [-0.1, -0.05) is 41.1 Å². The Bertz CT molecular complexity index is 507. The Labute approximate surface area is 128 Å². The van der Waals surface area contributed by atoms with Crippen molar-refractivity contribution in [2.45, 2.75) is 32.7 Å². The number of halogens is 1. The van der Waals surface area contributed by atoms with E-state index in [2.05, 4.69) is 70.8 Å². The van der Waals surface area contributed by atoms with Crippen LogP contribution >= 0.6 is 27.3 Å². The highest BCUT2D eigenvalue weighted by molar-refractivity contribution is 9.10. The summed E-state index contributed by atoms with van der Waals surface area (Å²) in [5, 5.41) is 5.83. The SMILES string of the molecule is CCCNC(Cc1cccs1)c1cccc(Br)c1C. The summed E-state index contributed by atoms with van der Waals surface area (Å²) < 4.78 is 1.19. The monoisotopic (exact) mass is 337 g/mol. The quantitative estimate of drug-likeness (QED) is 0.772. The van der Waals surface area contributed by atoms with Gasteiger partial charge in [-0.05, 0) is 48.5 Å². The number of rotatable bonds is 6. The molecule has 0 amide bonds. The molecule has 1 nitrogen and oxygen atoms in total. The summed E-state index contributed by atoms with van der Waals surface area (Å²) in [6, 6.07) is 11.2. The maximum atomic E-state index is 3.68. The third-order valence-corrected chi connectivity index (χ3v) is 5.07. The average molecular weight is 338 g/mol. The van der Waals surface area contributed by atoms with Gasteiger partial charge in [-0.25, -0.2) is 0 Å². The van der Waals surface area contributed by atoms with Crippen molar-refractivity contribution in [2.24, 2.45) is 0 Å². The number of hydrogen-bond acceptors (Lipinski definition) is 2. The number of thiophene rings is 1. The highest BCUT2D eigenvalue weighted by Gasteiger charge is 2.15. The van der Waals surface area contributed by atoms with Gasteiger partial charge < -0.3 is 5.32 Å². The molecular formula is C16H20BrNS. The molecule has 0 radical (unpaired) electrons. The van der Waals surface area contributed by atoms with E-state index in [1.54, 1.807) is 0 Å². The van der Waals surface area contributed by atoms with E-state index in [0.717, 1.165) is 19.4 Å². The summed E-state index contributed by atoms with van der Waals surface area (Å²) in [6.07, 6.45) is 2.23. The Balaban J connectivity index is 2.23. The minimum atomic E-state index is 0.399. The molecule has 0 aliphatic carbocycles. The van der Waals surface area contributed by atoms with Crippen molar-refractivity contribution in [1.29, 1.82) is 0 Å². The van der Waals surface area contributed by atoms with Crippen LogP contribution in [0.1, 0.15) is 35.4 Å². The van der Waals surface area contributed by atoms with Gasteiger partial charge in [0.1, 0.15) is 0 Å². The second-order valence-corrected chi connectivity index (χ2v) is 6.63. The van der Waals surface area contributed by atoms with Gasteiger partial charge in [0.2, 0.25) is 0 Å². The van der Waals surface area contributed by atoms with Crippen LogP contribution in [0.15, 0.2) is 40.2 Å². The first-order chi connectivity index (χ1) is 9.22. The fourth-order valence-electron chi connectivity index (χ4n) is 2.24. The topological polar surface area (TPSA) is 12.0 Å². The molecule has 1 aromatic carbocycles. The van der Waals surface area contributed by atoms with Crippen molar-refractivity contribution in [3.05, 3.63) is 56.2 Å². The highest BCUT2D eigenvalue weighted by atomic mass is 79.9. The van der Waals surface area contributed by atoms with E-state index in [1.807, 2.05) is 11.3 Å².